The maximum absolute atomic E-state index is 13.0. The Hall–Kier alpha value is -2.64. The lowest BCUT2D eigenvalue weighted by Crippen LogP contribution is -2.35. The van der Waals surface area contributed by atoms with Gasteiger partial charge in [-0.1, -0.05) is 36.3 Å². The van der Waals surface area contributed by atoms with Crippen molar-refractivity contribution in [3.05, 3.63) is 71.5 Å². The van der Waals surface area contributed by atoms with Crippen molar-refractivity contribution in [1.82, 2.24) is 4.90 Å². The first-order valence-electron chi connectivity index (χ1n) is 7.94. The SMILES string of the molecule is O=C(C#Cc1ccccc1)N(CC(O)c1ccc(F)cc1)C1CC1. The minimum atomic E-state index is -0.853. The molecule has 1 atom stereocenters. The number of benzene rings is 2. The van der Waals surface area contributed by atoms with Gasteiger partial charge in [-0.3, -0.25) is 4.79 Å². The highest BCUT2D eigenvalue weighted by molar-refractivity contribution is 5.94. The summed E-state index contributed by atoms with van der Waals surface area (Å²) in [4.78, 5) is 14.0. The van der Waals surface area contributed by atoms with Gasteiger partial charge in [-0.25, -0.2) is 4.39 Å². The number of carbonyl (C=O) groups excluding carboxylic acids is 1. The Morgan fingerprint density at radius 1 is 1.17 bits per heavy atom. The lowest BCUT2D eigenvalue weighted by molar-refractivity contribution is -0.127. The van der Waals surface area contributed by atoms with Gasteiger partial charge < -0.3 is 10.0 Å². The smallest absolute Gasteiger partial charge is 0.299 e. The normalized spacial score (nSPS) is 14.4. The van der Waals surface area contributed by atoms with E-state index in [0.29, 0.717) is 5.56 Å². The fraction of sp³-hybridized carbons (Fsp3) is 0.250. The van der Waals surface area contributed by atoms with Gasteiger partial charge in [0.25, 0.3) is 5.91 Å². The summed E-state index contributed by atoms with van der Waals surface area (Å²) in [5, 5.41) is 10.3. The second-order valence-corrected chi connectivity index (χ2v) is 5.87. The minimum absolute atomic E-state index is 0.137. The van der Waals surface area contributed by atoms with Gasteiger partial charge in [0.15, 0.2) is 0 Å². The van der Waals surface area contributed by atoms with Crippen LogP contribution in [0.3, 0.4) is 0 Å². The van der Waals surface area contributed by atoms with Gasteiger partial charge in [0, 0.05) is 17.5 Å². The van der Waals surface area contributed by atoms with Crippen LogP contribution in [0.5, 0.6) is 0 Å². The van der Waals surface area contributed by atoms with Crippen LogP contribution in [-0.4, -0.2) is 28.5 Å². The van der Waals surface area contributed by atoms with Crippen molar-refractivity contribution in [1.29, 1.82) is 0 Å². The molecule has 1 aliphatic carbocycles. The van der Waals surface area contributed by atoms with Crippen molar-refractivity contribution in [2.45, 2.75) is 25.0 Å². The van der Waals surface area contributed by atoms with E-state index in [1.807, 2.05) is 30.3 Å². The predicted molar refractivity (Wildman–Crippen MR) is 89.4 cm³/mol. The van der Waals surface area contributed by atoms with Crippen LogP contribution >= 0.6 is 0 Å². The zero-order valence-corrected chi connectivity index (χ0v) is 13.2. The number of hydrogen-bond donors (Lipinski definition) is 1. The number of aliphatic hydroxyl groups is 1. The van der Waals surface area contributed by atoms with Crippen molar-refractivity contribution < 1.29 is 14.3 Å². The number of amides is 1. The molecule has 24 heavy (non-hydrogen) atoms. The third kappa shape index (κ3) is 4.21. The molecule has 1 unspecified atom stereocenters. The number of rotatable bonds is 4. The van der Waals surface area contributed by atoms with E-state index in [9.17, 15) is 14.3 Å². The first kappa shape index (κ1) is 16.2. The molecule has 0 spiro atoms. The van der Waals surface area contributed by atoms with E-state index >= 15 is 0 Å². The molecule has 2 aromatic rings. The van der Waals surface area contributed by atoms with E-state index in [2.05, 4.69) is 11.8 Å². The van der Waals surface area contributed by atoms with Crippen LogP contribution in [0.1, 0.15) is 30.1 Å². The van der Waals surface area contributed by atoms with E-state index < -0.39 is 6.10 Å². The summed E-state index contributed by atoms with van der Waals surface area (Å²) in [6, 6.07) is 15.1. The predicted octanol–water partition coefficient (Wildman–Crippen LogP) is 2.90. The zero-order valence-electron chi connectivity index (χ0n) is 13.2. The molecule has 1 amide bonds. The van der Waals surface area contributed by atoms with E-state index in [-0.39, 0.29) is 24.3 Å². The molecule has 0 aromatic heterocycles. The Balaban J connectivity index is 1.69. The lowest BCUT2D eigenvalue weighted by Gasteiger charge is -2.23. The van der Waals surface area contributed by atoms with Crippen LogP contribution in [-0.2, 0) is 4.79 Å². The molecule has 0 aliphatic heterocycles. The Bertz CT molecular complexity index is 758. The van der Waals surface area contributed by atoms with Crippen LogP contribution in [0, 0.1) is 17.7 Å². The maximum Gasteiger partial charge on any atom is 0.299 e. The quantitative estimate of drug-likeness (QED) is 0.879. The number of nitrogens with zero attached hydrogens (tertiary/aromatic N) is 1. The number of aliphatic hydroxyl groups excluding tert-OH is 1. The molecule has 0 saturated heterocycles. The van der Waals surface area contributed by atoms with Crippen molar-refractivity contribution in [3.8, 4) is 11.8 Å². The molecular formula is C20H18FNO2. The molecule has 0 bridgehead atoms. The maximum atomic E-state index is 13.0. The summed E-state index contributed by atoms with van der Waals surface area (Å²) in [5.41, 5.74) is 1.37. The van der Waals surface area contributed by atoms with Gasteiger partial charge in [0.05, 0.1) is 12.6 Å². The molecule has 0 heterocycles. The average Bonchev–Trinajstić information content (AvgIpc) is 3.44. The zero-order chi connectivity index (χ0) is 16.9. The van der Waals surface area contributed by atoms with Gasteiger partial charge >= 0.3 is 0 Å². The van der Waals surface area contributed by atoms with Gasteiger partial charge in [-0.2, -0.15) is 0 Å². The van der Waals surface area contributed by atoms with Crippen LogP contribution in [0.4, 0.5) is 4.39 Å². The Morgan fingerprint density at radius 3 is 2.46 bits per heavy atom. The highest BCUT2D eigenvalue weighted by Crippen LogP contribution is 2.29. The molecule has 4 heteroatoms. The van der Waals surface area contributed by atoms with Gasteiger partial charge in [-0.15, -0.1) is 0 Å². The van der Waals surface area contributed by atoms with E-state index in [1.54, 1.807) is 4.90 Å². The molecule has 3 rings (SSSR count). The van der Waals surface area contributed by atoms with Crippen molar-refractivity contribution in [2.75, 3.05) is 6.54 Å². The van der Waals surface area contributed by atoms with Crippen LogP contribution in [0.2, 0.25) is 0 Å². The van der Waals surface area contributed by atoms with Gasteiger partial charge in [0.1, 0.15) is 5.82 Å². The van der Waals surface area contributed by atoms with Crippen LogP contribution in [0.15, 0.2) is 54.6 Å². The standard InChI is InChI=1S/C20H18FNO2/c21-17-9-7-16(8-10-17)19(23)14-22(18-11-12-18)20(24)13-6-15-4-2-1-3-5-15/h1-5,7-10,18-19,23H,11-12,14H2. The number of halogens is 1. The molecule has 1 fully saturated rings. The van der Waals surface area contributed by atoms with Crippen LogP contribution < -0.4 is 0 Å². The van der Waals surface area contributed by atoms with Crippen molar-refractivity contribution in [2.24, 2.45) is 0 Å². The molecule has 1 N–H and O–H groups in total. The number of carbonyl (C=O) groups is 1. The van der Waals surface area contributed by atoms with Gasteiger partial charge in [-0.05, 0) is 42.7 Å². The summed E-state index contributed by atoms with van der Waals surface area (Å²) >= 11 is 0. The molecule has 3 nitrogen and oxygen atoms in total. The molecular weight excluding hydrogens is 305 g/mol. The summed E-state index contributed by atoms with van der Waals surface area (Å²) < 4.78 is 13.0. The van der Waals surface area contributed by atoms with E-state index in [1.165, 1.54) is 24.3 Å². The molecule has 1 aliphatic rings. The molecule has 2 aromatic carbocycles. The van der Waals surface area contributed by atoms with E-state index in [4.69, 9.17) is 0 Å². The third-order valence-corrected chi connectivity index (χ3v) is 3.96. The largest absolute Gasteiger partial charge is 0.387 e. The first-order chi connectivity index (χ1) is 11.6. The summed E-state index contributed by atoms with van der Waals surface area (Å²) in [7, 11) is 0. The highest BCUT2D eigenvalue weighted by atomic mass is 19.1. The van der Waals surface area contributed by atoms with E-state index in [0.717, 1.165) is 18.4 Å². The number of hydrogen-bond acceptors (Lipinski definition) is 2. The second-order valence-electron chi connectivity index (χ2n) is 5.87. The monoisotopic (exact) mass is 323 g/mol. The van der Waals surface area contributed by atoms with Crippen molar-refractivity contribution >= 4 is 5.91 Å². The molecule has 1 saturated carbocycles. The summed E-state index contributed by atoms with van der Waals surface area (Å²) in [6.45, 7) is 0.165. The first-order valence-corrected chi connectivity index (χ1v) is 7.94. The highest BCUT2D eigenvalue weighted by Gasteiger charge is 2.33. The lowest BCUT2D eigenvalue weighted by atomic mass is 10.1. The minimum Gasteiger partial charge on any atom is -0.387 e. The third-order valence-electron chi connectivity index (χ3n) is 3.96. The topological polar surface area (TPSA) is 40.5 Å². The summed E-state index contributed by atoms with van der Waals surface area (Å²) in [6.07, 6.45) is 0.998. The summed E-state index contributed by atoms with van der Waals surface area (Å²) in [5.74, 6) is 4.87. The van der Waals surface area contributed by atoms with Gasteiger partial charge in [0.2, 0.25) is 0 Å². The fourth-order valence-electron chi connectivity index (χ4n) is 2.48. The Kier molecular flexibility index (Phi) is 4.93. The second kappa shape index (κ2) is 7.29. The Labute approximate surface area is 140 Å². The van der Waals surface area contributed by atoms with Crippen molar-refractivity contribution in [3.63, 3.8) is 0 Å². The average molecular weight is 323 g/mol. The van der Waals surface area contributed by atoms with Crippen LogP contribution in [0.25, 0.3) is 0 Å². The molecule has 0 radical (unpaired) electrons. The fourth-order valence-corrected chi connectivity index (χ4v) is 2.48. The Morgan fingerprint density at radius 2 is 1.83 bits per heavy atom. The molecule has 122 valence electrons.